The van der Waals surface area contributed by atoms with Gasteiger partial charge >= 0.3 is 0 Å². The maximum Gasteiger partial charge on any atom is 0.225 e. The Morgan fingerprint density at radius 2 is 1.72 bits per heavy atom. The van der Waals surface area contributed by atoms with Gasteiger partial charge in [-0.2, -0.15) is 0 Å². The lowest BCUT2D eigenvalue weighted by atomic mass is 10.2. The van der Waals surface area contributed by atoms with Crippen LogP contribution in [-0.2, 0) is 0 Å². The third kappa shape index (κ3) is 4.21. The van der Waals surface area contributed by atoms with Crippen LogP contribution in [0.5, 0.6) is 0 Å². The minimum absolute atomic E-state index is 0.872. The highest BCUT2D eigenvalue weighted by molar-refractivity contribution is 9.09. The van der Waals surface area contributed by atoms with Gasteiger partial charge in [-0.05, 0) is 25.5 Å². The number of nitrogens with zero attached hydrogens (tertiary/aromatic N) is 4. The number of piperazine rings is 1. The number of hydrogen-bond acceptors (Lipinski definition) is 4. The molecule has 1 fully saturated rings. The van der Waals surface area contributed by atoms with Crippen LogP contribution in [0.15, 0.2) is 18.5 Å². The predicted molar refractivity (Wildman–Crippen MR) is 78.3 cm³/mol. The average Bonchev–Trinajstić information content (AvgIpc) is 2.45. The predicted octanol–water partition coefficient (Wildman–Crippen LogP) is 2.16. The zero-order chi connectivity index (χ0) is 12.6. The Kier molecular flexibility index (Phi) is 5.87. The van der Waals surface area contributed by atoms with Crippen molar-refractivity contribution in [2.24, 2.45) is 0 Å². The number of anilines is 1. The molecule has 0 aromatic carbocycles. The van der Waals surface area contributed by atoms with E-state index in [0.29, 0.717) is 0 Å². The number of halogens is 1. The van der Waals surface area contributed by atoms with E-state index in [1.54, 1.807) is 0 Å². The second-order valence-electron chi connectivity index (χ2n) is 4.63. The van der Waals surface area contributed by atoms with Crippen molar-refractivity contribution in [2.45, 2.75) is 19.3 Å². The summed E-state index contributed by atoms with van der Waals surface area (Å²) in [5.74, 6) is 0.872. The molecule has 0 N–H and O–H groups in total. The van der Waals surface area contributed by atoms with Gasteiger partial charge in [0.05, 0.1) is 0 Å². The quantitative estimate of drug-likeness (QED) is 0.595. The van der Waals surface area contributed by atoms with Gasteiger partial charge in [0.1, 0.15) is 0 Å². The van der Waals surface area contributed by atoms with E-state index >= 15 is 0 Å². The number of hydrogen-bond donors (Lipinski definition) is 0. The summed E-state index contributed by atoms with van der Waals surface area (Å²) in [4.78, 5) is 13.4. The Bertz CT molecular complexity index is 325. The molecule has 4 nitrogen and oxygen atoms in total. The van der Waals surface area contributed by atoms with Gasteiger partial charge in [0, 0.05) is 43.9 Å². The number of rotatable bonds is 6. The normalized spacial score (nSPS) is 17.1. The van der Waals surface area contributed by atoms with Crippen LogP contribution in [0.1, 0.15) is 19.3 Å². The lowest BCUT2D eigenvalue weighted by molar-refractivity contribution is 0.251. The fraction of sp³-hybridized carbons (Fsp3) is 0.692. The summed E-state index contributed by atoms with van der Waals surface area (Å²) >= 11 is 3.48. The highest BCUT2D eigenvalue weighted by Crippen LogP contribution is 2.10. The van der Waals surface area contributed by atoms with E-state index in [1.807, 2.05) is 18.5 Å². The summed E-state index contributed by atoms with van der Waals surface area (Å²) < 4.78 is 0. The smallest absolute Gasteiger partial charge is 0.225 e. The fourth-order valence-corrected chi connectivity index (χ4v) is 2.63. The number of alkyl halides is 1. The van der Waals surface area contributed by atoms with Crippen LogP contribution >= 0.6 is 15.9 Å². The van der Waals surface area contributed by atoms with E-state index in [4.69, 9.17) is 0 Å². The first-order valence-electron chi connectivity index (χ1n) is 6.70. The average molecular weight is 313 g/mol. The van der Waals surface area contributed by atoms with Gasteiger partial charge in [-0.15, -0.1) is 0 Å². The van der Waals surface area contributed by atoms with Gasteiger partial charge in [0.15, 0.2) is 0 Å². The summed E-state index contributed by atoms with van der Waals surface area (Å²) in [7, 11) is 0. The molecule has 1 aliphatic heterocycles. The molecule has 0 aliphatic carbocycles. The van der Waals surface area contributed by atoms with E-state index in [9.17, 15) is 0 Å². The zero-order valence-corrected chi connectivity index (χ0v) is 12.3. The van der Waals surface area contributed by atoms with Crippen molar-refractivity contribution in [3.8, 4) is 0 Å². The highest BCUT2D eigenvalue weighted by Gasteiger charge is 2.17. The van der Waals surface area contributed by atoms with E-state index in [-0.39, 0.29) is 0 Å². The van der Waals surface area contributed by atoms with Gasteiger partial charge in [-0.1, -0.05) is 22.4 Å². The summed E-state index contributed by atoms with van der Waals surface area (Å²) in [5, 5.41) is 1.13. The Labute approximate surface area is 118 Å². The lowest BCUT2D eigenvalue weighted by Crippen LogP contribution is -2.47. The van der Waals surface area contributed by atoms with Gasteiger partial charge in [0.25, 0.3) is 0 Å². The van der Waals surface area contributed by atoms with Crippen LogP contribution in [0, 0.1) is 0 Å². The molecule has 0 spiro atoms. The molecule has 0 unspecified atom stereocenters. The Morgan fingerprint density at radius 1 is 1.00 bits per heavy atom. The van der Waals surface area contributed by atoms with Gasteiger partial charge in [-0.25, -0.2) is 9.97 Å². The van der Waals surface area contributed by atoms with E-state index < -0.39 is 0 Å². The second kappa shape index (κ2) is 7.69. The van der Waals surface area contributed by atoms with Crippen LogP contribution in [-0.4, -0.2) is 52.9 Å². The number of unbranched alkanes of at least 4 members (excludes halogenated alkanes) is 2. The molecule has 0 bridgehead atoms. The minimum atomic E-state index is 0.872. The SMILES string of the molecule is BrCCCCCN1CCN(c2ncccn2)CC1. The van der Waals surface area contributed by atoms with Crippen molar-refractivity contribution in [1.29, 1.82) is 0 Å². The molecular weight excluding hydrogens is 292 g/mol. The molecule has 1 saturated heterocycles. The molecular formula is C13H21BrN4. The van der Waals surface area contributed by atoms with Crippen molar-refractivity contribution >= 4 is 21.9 Å². The monoisotopic (exact) mass is 312 g/mol. The third-order valence-electron chi connectivity index (χ3n) is 3.32. The molecule has 0 radical (unpaired) electrons. The molecule has 100 valence electrons. The van der Waals surface area contributed by atoms with Crippen LogP contribution in [0.4, 0.5) is 5.95 Å². The molecule has 0 saturated carbocycles. The van der Waals surface area contributed by atoms with Gasteiger partial charge < -0.3 is 4.90 Å². The van der Waals surface area contributed by atoms with Gasteiger partial charge in [0.2, 0.25) is 5.95 Å². The van der Waals surface area contributed by atoms with Crippen molar-refractivity contribution in [2.75, 3.05) is 43.0 Å². The van der Waals surface area contributed by atoms with E-state index in [2.05, 4.69) is 35.7 Å². The van der Waals surface area contributed by atoms with E-state index in [0.717, 1.165) is 37.5 Å². The summed E-state index contributed by atoms with van der Waals surface area (Å²) in [6.45, 7) is 5.58. The minimum Gasteiger partial charge on any atom is -0.338 e. The largest absolute Gasteiger partial charge is 0.338 e. The first-order chi connectivity index (χ1) is 8.90. The molecule has 1 aliphatic rings. The van der Waals surface area contributed by atoms with Crippen molar-refractivity contribution in [1.82, 2.24) is 14.9 Å². The maximum absolute atomic E-state index is 4.31. The van der Waals surface area contributed by atoms with Crippen molar-refractivity contribution in [3.63, 3.8) is 0 Å². The first kappa shape index (κ1) is 13.7. The Morgan fingerprint density at radius 3 is 2.39 bits per heavy atom. The summed E-state index contributed by atoms with van der Waals surface area (Å²) in [5.41, 5.74) is 0. The molecule has 2 rings (SSSR count). The lowest BCUT2D eigenvalue weighted by Gasteiger charge is -2.34. The first-order valence-corrected chi connectivity index (χ1v) is 7.82. The molecule has 1 aromatic rings. The highest BCUT2D eigenvalue weighted by atomic mass is 79.9. The molecule has 1 aromatic heterocycles. The second-order valence-corrected chi connectivity index (χ2v) is 5.42. The van der Waals surface area contributed by atoms with Crippen LogP contribution in [0.25, 0.3) is 0 Å². The maximum atomic E-state index is 4.31. The zero-order valence-electron chi connectivity index (χ0n) is 10.8. The molecule has 5 heteroatoms. The topological polar surface area (TPSA) is 32.3 Å². The van der Waals surface area contributed by atoms with Crippen molar-refractivity contribution < 1.29 is 0 Å². The van der Waals surface area contributed by atoms with Crippen LogP contribution in [0.2, 0.25) is 0 Å². The van der Waals surface area contributed by atoms with Crippen LogP contribution in [0.3, 0.4) is 0 Å². The van der Waals surface area contributed by atoms with Crippen molar-refractivity contribution in [3.05, 3.63) is 18.5 Å². The fourth-order valence-electron chi connectivity index (χ4n) is 2.23. The Balaban J connectivity index is 1.68. The standard InChI is InChI=1S/C13H21BrN4/c14-5-2-1-3-8-17-9-11-18(12-10-17)13-15-6-4-7-16-13/h4,6-7H,1-3,5,8-12H2. The molecule has 0 amide bonds. The summed E-state index contributed by atoms with van der Waals surface area (Å²) in [6, 6.07) is 1.86. The third-order valence-corrected chi connectivity index (χ3v) is 3.88. The number of aromatic nitrogens is 2. The molecule has 18 heavy (non-hydrogen) atoms. The molecule has 0 atom stereocenters. The van der Waals surface area contributed by atoms with Crippen LogP contribution < -0.4 is 4.90 Å². The Hall–Kier alpha value is -0.680. The molecule has 2 heterocycles. The van der Waals surface area contributed by atoms with Gasteiger partial charge in [-0.3, -0.25) is 4.90 Å². The summed E-state index contributed by atoms with van der Waals surface area (Å²) in [6.07, 6.45) is 7.56. The van der Waals surface area contributed by atoms with E-state index in [1.165, 1.54) is 25.8 Å².